The number of likely N-dealkylation sites (N-methyl/N-ethyl adjacent to an activating group) is 1. The minimum absolute atomic E-state index is 0.197. The largest absolute Gasteiger partial charge is 0.302 e. The Morgan fingerprint density at radius 3 is 2.30 bits per heavy atom. The van der Waals surface area contributed by atoms with Gasteiger partial charge in [0.05, 0.1) is 4.90 Å². The summed E-state index contributed by atoms with van der Waals surface area (Å²) in [6.45, 7) is 9.69. The van der Waals surface area contributed by atoms with Crippen molar-refractivity contribution in [1.29, 1.82) is 0 Å². The SMILES string of the molecule is CN(CCN1CCCCC1)S(=O)(=O)c1ccccc1C(C)(C)C. The first-order valence-electron chi connectivity index (χ1n) is 8.51. The van der Waals surface area contributed by atoms with Crippen LogP contribution in [0.3, 0.4) is 0 Å². The first-order chi connectivity index (χ1) is 10.7. The number of hydrogen-bond donors (Lipinski definition) is 0. The highest BCUT2D eigenvalue weighted by Crippen LogP contribution is 2.30. The van der Waals surface area contributed by atoms with Gasteiger partial charge < -0.3 is 4.90 Å². The van der Waals surface area contributed by atoms with E-state index in [-0.39, 0.29) is 5.41 Å². The van der Waals surface area contributed by atoms with Crippen LogP contribution in [0.15, 0.2) is 29.2 Å². The number of sulfonamides is 1. The Kier molecular flexibility index (Phi) is 5.87. The fourth-order valence-corrected chi connectivity index (χ4v) is 4.62. The molecule has 1 heterocycles. The second-order valence-corrected chi connectivity index (χ2v) is 9.49. The van der Waals surface area contributed by atoms with Crippen LogP contribution in [0.25, 0.3) is 0 Å². The van der Waals surface area contributed by atoms with Crippen LogP contribution in [0.4, 0.5) is 0 Å². The Hall–Kier alpha value is -0.910. The Morgan fingerprint density at radius 1 is 1.09 bits per heavy atom. The maximum absolute atomic E-state index is 13.0. The van der Waals surface area contributed by atoms with Crippen molar-refractivity contribution in [2.45, 2.75) is 50.3 Å². The smallest absolute Gasteiger partial charge is 0.243 e. The minimum Gasteiger partial charge on any atom is -0.302 e. The Balaban J connectivity index is 2.14. The lowest BCUT2D eigenvalue weighted by Gasteiger charge is -2.29. The first kappa shape index (κ1) is 18.4. The van der Waals surface area contributed by atoms with Gasteiger partial charge in [-0.3, -0.25) is 0 Å². The van der Waals surface area contributed by atoms with Gasteiger partial charge in [-0.15, -0.1) is 0 Å². The minimum atomic E-state index is -3.45. The number of hydrogen-bond acceptors (Lipinski definition) is 3. The van der Waals surface area contributed by atoms with Crippen LogP contribution >= 0.6 is 0 Å². The summed E-state index contributed by atoms with van der Waals surface area (Å²) in [6.07, 6.45) is 3.75. The standard InChI is InChI=1S/C18H30N2O2S/c1-18(2,3)16-10-6-7-11-17(16)23(21,22)19(4)14-15-20-12-8-5-9-13-20/h6-7,10-11H,5,8-9,12-15H2,1-4H3. The summed E-state index contributed by atoms with van der Waals surface area (Å²) in [5.74, 6) is 0. The van der Waals surface area contributed by atoms with Crippen LogP contribution in [0, 0.1) is 0 Å². The molecule has 1 aromatic carbocycles. The van der Waals surface area contributed by atoms with Gasteiger partial charge in [0, 0.05) is 20.1 Å². The van der Waals surface area contributed by atoms with Crippen molar-refractivity contribution in [2.75, 3.05) is 33.2 Å². The average molecular weight is 339 g/mol. The van der Waals surface area contributed by atoms with Gasteiger partial charge in [0.1, 0.15) is 0 Å². The van der Waals surface area contributed by atoms with Crippen LogP contribution < -0.4 is 0 Å². The van der Waals surface area contributed by atoms with Gasteiger partial charge in [-0.1, -0.05) is 45.4 Å². The molecule has 1 aromatic rings. The van der Waals surface area contributed by atoms with Crippen molar-refractivity contribution >= 4 is 10.0 Å². The molecule has 0 bridgehead atoms. The quantitative estimate of drug-likeness (QED) is 0.828. The van der Waals surface area contributed by atoms with Crippen molar-refractivity contribution in [1.82, 2.24) is 9.21 Å². The molecule has 23 heavy (non-hydrogen) atoms. The molecule has 0 spiro atoms. The Bertz CT molecular complexity index is 614. The molecule has 0 amide bonds. The molecule has 0 radical (unpaired) electrons. The number of nitrogens with zero attached hydrogens (tertiary/aromatic N) is 2. The molecule has 0 unspecified atom stereocenters. The predicted octanol–water partition coefficient (Wildman–Crippen LogP) is 3.09. The van der Waals surface area contributed by atoms with Gasteiger partial charge in [0.15, 0.2) is 0 Å². The number of rotatable bonds is 5. The molecule has 0 saturated carbocycles. The third-order valence-corrected chi connectivity index (χ3v) is 6.48. The third kappa shape index (κ3) is 4.55. The third-order valence-electron chi connectivity index (χ3n) is 4.56. The topological polar surface area (TPSA) is 40.6 Å². The van der Waals surface area contributed by atoms with Crippen molar-refractivity contribution in [3.05, 3.63) is 29.8 Å². The van der Waals surface area contributed by atoms with E-state index in [1.807, 2.05) is 12.1 Å². The van der Waals surface area contributed by atoms with E-state index in [1.54, 1.807) is 19.2 Å². The molecule has 1 aliphatic rings. The molecule has 0 aliphatic carbocycles. The summed E-state index contributed by atoms with van der Waals surface area (Å²) < 4.78 is 27.5. The lowest BCUT2D eigenvalue weighted by Crippen LogP contribution is -2.39. The van der Waals surface area contributed by atoms with E-state index >= 15 is 0 Å². The number of piperidine rings is 1. The maximum atomic E-state index is 13.0. The number of likely N-dealkylation sites (tertiary alicyclic amines) is 1. The summed E-state index contributed by atoms with van der Waals surface area (Å²) >= 11 is 0. The molecule has 1 saturated heterocycles. The zero-order chi connectivity index (χ0) is 17.1. The molecule has 2 rings (SSSR count). The van der Waals surface area contributed by atoms with Crippen molar-refractivity contribution in [3.63, 3.8) is 0 Å². The number of benzene rings is 1. The maximum Gasteiger partial charge on any atom is 0.243 e. The highest BCUT2D eigenvalue weighted by Gasteiger charge is 2.28. The lowest BCUT2D eigenvalue weighted by molar-refractivity contribution is 0.218. The predicted molar refractivity (Wildman–Crippen MR) is 95.2 cm³/mol. The summed E-state index contributed by atoms with van der Waals surface area (Å²) in [7, 11) is -1.75. The second kappa shape index (κ2) is 7.32. The molecule has 0 aromatic heterocycles. The Labute approximate surface area is 141 Å². The molecule has 0 atom stereocenters. The summed E-state index contributed by atoms with van der Waals surface area (Å²) in [5.41, 5.74) is 0.682. The van der Waals surface area contributed by atoms with E-state index in [2.05, 4.69) is 25.7 Å². The summed E-state index contributed by atoms with van der Waals surface area (Å²) in [4.78, 5) is 2.80. The first-order valence-corrected chi connectivity index (χ1v) is 9.95. The van der Waals surface area contributed by atoms with Gasteiger partial charge in [-0.25, -0.2) is 8.42 Å². The van der Waals surface area contributed by atoms with E-state index in [0.29, 0.717) is 11.4 Å². The van der Waals surface area contributed by atoms with Gasteiger partial charge in [-0.2, -0.15) is 4.31 Å². The van der Waals surface area contributed by atoms with Crippen LogP contribution in [-0.2, 0) is 15.4 Å². The molecular formula is C18H30N2O2S. The molecule has 5 heteroatoms. The van der Waals surface area contributed by atoms with Gasteiger partial charge in [0.2, 0.25) is 10.0 Å². The van der Waals surface area contributed by atoms with Gasteiger partial charge in [-0.05, 0) is 43.0 Å². The normalized spacial score (nSPS) is 17.6. The highest BCUT2D eigenvalue weighted by atomic mass is 32.2. The van der Waals surface area contributed by atoms with Crippen LogP contribution in [-0.4, -0.2) is 50.8 Å². The van der Waals surface area contributed by atoms with E-state index < -0.39 is 10.0 Å². The van der Waals surface area contributed by atoms with Crippen molar-refractivity contribution in [2.24, 2.45) is 0 Å². The lowest BCUT2D eigenvalue weighted by atomic mass is 9.87. The van der Waals surface area contributed by atoms with E-state index in [1.165, 1.54) is 23.6 Å². The fraction of sp³-hybridized carbons (Fsp3) is 0.667. The summed E-state index contributed by atoms with van der Waals surface area (Å²) in [5, 5.41) is 0. The van der Waals surface area contributed by atoms with Crippen LogP contribution in [0.2, 0.25) is 0 Å². The molecule has 4 nitrogen and oxygen atoms in total. The van der Waals surface area contributed by atoms with Crippen molar-refractivity contribution in [3.8, 4) is 0 Å². The van der Waals surface area contributed by atoms with Crippen LogP contribution in [0.1, 0.15) is 45.6 Å². The van der Waals surface area contributed by atoms with E-state index in [0.717, 1.165) is 25.2 Å². The molecule has 1 aliphatic heterocycles. The van der Waals surface area contributed by atoms with Crippen LogP contribution in [0.5, 0.6) is 0 Å². The van der Waals surface area contributed by atoms with Gasteiger partial charge >= 0.3 is 0 Å². The van der Waals surface area contributed by atoms with Gasteiger partial charge in [0.25, 0.3) is 0 Å². The summed E-state index contributed by atoms with van der Waals surface area (Å²) in [6, 6.07) is 7.37. The second-order valence-electron chi connectivity index (χ2n) is 7.48. The zero-order valence-corrected chi connectivity index (χ0v) is 15.7. The Morgan fingerprint density at radius 2 is 1.70 bits per heavy atom. The van der Waals surface area contributed by atoms with Crippen molar-refractivity contribution < 1.29 is 8.42 Å². The van der Waals surface area contributed by atoms with E-state index in [4.69, 9.17) is 0 Å². The molecule has 130 valence electrons. The monoisotopic (exact) mass is 338 g/mol. The molecule has 1 fully saturated rings. The zero-order valence-electron chi connectivity index (χ0n) is 14.9. The molecule has 0 N–H and O–H groups in total. The fourth-order valence-electron chi connectivity index (χ4n) is 3.06. The highest BCUT2D eigenvalue weighted by molar-refractivity contribution is 7.89. The molecular weight excluding hydrogens is 308 g/mol. The van der Waals surface area contributed by atoms with E-state index in [9.17, 15) is 8.42 Å². The average Bonchev–Trinajstić information content (AvgIpc) is 2.52.